The molecule has 0 N–H and O–H groups in total. The minimum absolute atomic E-state index is 0. The van der Waals surface area contributed by atoms with Gasteiger partial charge in [-0.05, 0) is 71.3 Å². The second-order valence-electron chi connectivity index (χ2n) is 24.6. The summed E-state index contributed by atoms with van der Waals surface area (Å²) >= 11 is 0. The minimum atomic E-state index is -0.451. The van der Waals surface area contributed by atoms with Crippen LogP contribution in [0, 0.1) is 51.4 Å². The Morgan fingerprint density at radius 2 is 0.929 bits per heavy atom. The van der Waals surface area contributed by atoms with Gasteiger partial charge < -0.3 is 14.2 Å². The molecule has 2 aliphatic carbocycles. The summed E-state index contributed by atoms with van der Waals surface area (Å²) in [6, 6.07) is 0.448. The summed E-state index contributed by atoms with van der Waals surface area (Å²) in [5.74, 6) is 7.46. The number of rotatable bonds is 8. The Morgan fingerprint density at radius 1 is 0.506 bits per heavy atom. The standard InChI is InChI=1S/C18H28N2O2.C16H24N2.C14H23N3.C13H20N2O.4C2H6.4CH4/c1-11(2)14-9-18(21-7-6-8-22-18)10-15-13(5)19-17(12(3)4)20-16(14)15;1-10(2)15-17-12(5)13-8-7-9-16(6,11(3)4)14(13)18-15;1-8(2)13-12-11(7-17(13)6)10(5)15-14(16-12)9(3)4;1-7(2)12-11-10(6-16-12)9(5)14-13(15-11)8(3)4;4*1-2;;;;/h11-12,14H,6-10H2,1-5H3;7-8,10-11H,9H2,1-6H3;8-9,13H,7H2,1-6H3;7-8,12H,6H2,1-5H3;4*1-2H3;4*1H4. The Kier molecular flexibility index (Phi) is 39.1. The number of hydrogen-bond acceptors (Lipinski definition) is 12. The van der Waals surface area contributed by atoms with Gasteiger partial charge in [-0.3, -0.25) is 4.90 Å². The van der Waals surface area contributed by atoms with Crippen molar-refractivity contribution in [3.8, 4) is 0 Å². The van der Waals surface area contributed by atoms with E-state index in [2.05, 4.69) is 189 Å². The zero-order valence-electron chi connectivity index (χ0n) is 57.4. The second-order valence-corrected chi connectivity index (χ2v) is 24.6. The predicted octanol–water partition coefficient (Wildman–Crippen LogP) is 20.8. The van der Waals surface area contributed by atoms with Gasteiger partial charge in [0.25, 0.3) is 0 Å². The Hall–Kier alpha value is -4.10. The summed E-state index contributed by atoms with van der Waals surface area (Å²) in [5, 5.41) is 0. The van der Waals surface area contributed by atoms with Crippen LogP contribution in [-0.4, -0.2) is 70.8 Å². The van der Waals surface area contributed by atoms with Crippen molar-refractivity contribution in [2.75, 3.05) is 20.3 Å². The van der Waals surface area contributed by atoms with E-state index in [4.69, 9.17) is 34.1 Å². The second kappa shape index (κ2) is 39.0. The van der Waals surface area contributed by atoms with Crippen LogP contribution < -0.4 is 0 Å². The number of hydrogen-bond donors (Lipinski definition) is 0. The van der Waals surface area contributed by atoms with Gasteiger partial charge in [0.15, 0.2) is 5.79 Å². The van der Waals surface area contributed by atoms with Crippen molar-refractivity contribution in [2.45, 2.75) is 322 Å². The third-order valence-corrected chi connectivity index (χ3v) is 15.9. The Labute approximate surface area is 526 Å². The molecule has 3 aliphatic heterocycles. The van der Waals surface area contributed by atoms with Crippen molar-refractivity contribution in [3.05, 3.63) is 97.2 Å². The van der Waals surface area contributed by atoms with Gasteiger partial charge in [0.2, 0.25) is 0 Å². The fourth-order valence-corrected chi connectivity index (χ4v) is 10.9. The quantitative estimate of drug-likeness (QED) is 0.166. The van der Waals surface area contributed by atoms with E-state index in [0.29, 0.717) is 65.9 Å². The van der Waals surface area contributed by atoms with Gasteiger partial charge in [-0.15, -0.1) is 0 Å². The monoisotopic (exact) mass is 1190 g/mol. The number of fused-ring (bicyclic) bond motifs is 4. The van der Waals surface area contributed by atoms with E-state index >= 15 is 0 Å². The highest BCUT2D eigenvalue weighted by molar-refractivity contribution is 5.59. The van der Waals surface area contributed by atoms with Gasteiger partial charge in [-0.25, -0.2) is 39.9 Å². The van der Waals surface area contributed by atoms with Gasteiger partial charge in [0.05, 0.1) is 48.6 Å². The zero-order valence-corrected chi connectivity index (χ0v) is 57.4. The van der Waals surface area contributed by atoms with Crippen LogP contribution in [0.4, 0.5) is 0 Å². The van der Waals surface area contributed by atoms with Crippen molar-refractivity contribution in [1.29, 1.82) is 0 Å². The maximum Gasteiger partial charge on any atom is 0.173 e. The van der Waals surface area contributed by atoms with Gasteiger partial charge in [0, 0.05) is 99.4 Å². The van der Waals surface area contributed by atoms with Crippen LogP contribution in [0.2, 0.25) is 0 Å². The molecular weight excluding hydrogens is 1050 g/mol. The normalized spacial score (nSPS) is 19.1. The Balaban J connectivity index is -0.00000100. The molecule has 4 unspecified atom stereocenters. The first-order chi connectivity index (χ1) is 38.2. The van der Waals surface area contributed by atoms with Gasteiger partial charge >= 0.3 is 0 Å². The molecule has 12 nitrogen and oxygen atoms in total. The highest BCUT2D eigenvalue weighted by atomic mass is 16.7. The van der Waals surface area contributed by atoms with Crippen molar-refractivity contribution < 1.29 is 14.2 Å². The third-order valence-electron chi connectivity index (χ3n) is 15.9. The third kappa shape index (κ3) is 21.0. The summed E-state index contributed by atoms with van der Waals surface area (Å²) in [4.78, 5) is 40.3. The summed E-state index contributed by atoms with van der Waals surface area (Å²) < 4.78 is 18.0. The predicted molar refractivity (Wildman–Crippen MR) is 368 cm³/mol. The molecule has 1 spiro atoms. The molecule has 5 aliphatic rings. The number of nitrogens with zero attached hydrogens (tertiary/aromatic N) is 9. The van der Waals surface area contributed by atoms with Crippen LogP contribution in [0.3, 0.4) is 0 Å². The molecular formula is C73H135N9O3. The van der Waals surface area contributed by atoms with Gasteiger partial charge in [-0.1, -0.05) is 215 Å². The summed E-state index contributed by atoms with van der Waals surface area (Å²) in [5.41, 5.74) is 14.5. The first kappa shape index (κ1) is 85.1. The van der Waals surface area contributed by atoms with E-state index < -0.39 is 5.79 Å². The summed E-state index contributed by atoms with van der Waals surface area (Å²) in [6.45, 7) is 65.1. The first-order valence-electron chi connectivity index (χ1n) is 32.0. The molecule has 4 aromatic heterocycles. The van der Waals surface area contributed by atoms with Crippen molar-refractivity contribution in [3.63, 3.8) is 0 Å². The van der Waals surface area contributed by atoms with Crippen LogP contribution in [0.5, 0.6) is 0 Å². The lowest BCUT2D eigenvalue weighted by molar-refractivity contribution is -0.275. The maximum absolute atomic E-state index is 6.10. The van der Waals surface area contributed by atoms with Crippen LogP contribution >= 0.6 is 0 Å². The largest absolute Gasteiger partial charge is 0.367 e. The lowest BCUT2D eigenvalue weighted by Crippen LogP contribution is -2.47. The van der Waals surface area contributed by atoms with E-state index in [1.54, 1.807) is 0 Å². The van der Waals surface area contributed by atoms with Crippen molar-refractivity contribution in [2.24, 2.45) is 23.7 Å². The number of allylic oxidation sites excluding steroid dienone is 1. The van der Waals surface area contributed by atoms with Crippen LogP contribution in [-0.2, 0) is 39.2 Å². The van der Waals surface area contributed by atoms with Crippen LogP contribution in [0.25, 0.3) is 6.08 Å². The van der Waals surface area contributed by atoms with E-state index in [1.165, 1.54) is 39.3 Å². The molecule has 4 aromatic rings. The molecule has 0 amide bonds. The number of aryl methyl sites for hydroxylation is 4. The topological polar surface area (TPSA) is 134 Å². The van der Waals surface area contributed by atoms with Gasteiger partial charge in [0.1, 0.15) is 29.4 Å². The van der Waals surface area contributed by atoms with E-state index in [-0.39, 0.29) is 41.2 Å². The van der Waals surface area contributed by atoms with Crippen LogP contribution in [0.15, 0.2) is 6.08 Å². The average molecular weight is 1190 g/mol. The molecule has 1 saturated heterocycles. The molecule has 7 heterocycles. The molecule has 12 heteroatoms. The van der Waals surface area contributed by atoms with E-state index in [9.17, 15) is 0 Å². The molecule has 4 atom stereocenters. The molecule has 490 valence electrons. The lowest BCUT2D eigenvalue weighted by atomic mass is 9.69. The van der Waals surface area contributed by atoms with E-state index in [0.717, 1.165) is 97.2 Å². The van der Waals surface area contributed by atoms with Gasteiger partial charge in [-0.2, -0.15) is 0 Å². The van der Waals surface area contributed by atoms with Crippen LogP contribution in [0.1, 0.15) is 355 Å². The fourth-order valence-electron chi connectivity index (χ4n) is 10.9. The Morgan fingerprint density at radius 3 is 1.36 bits per heavy atom. The highest BCUT2D eigenvalue weighted by Crippen LogP contribution is 2.46. The first-order valence-corrected chi connectivity index (χ1v) is 32.0. The van der Waals surface area contributed by atoms with Crippen molar-refractivity contribution >= 4 is 6.08 Å². The van der Waals surface area contributed by atoms with E-state index in [1.807, 2.05) is 55.4 Å². The smallest absolute Gasteiger partial charge is 0.173 e. The number of aromatic nitrogens is 8. The molecule has 0 radical (unpaired) electrons. The summed E-state index contributed by atoms with van der Waals surface area (Å²) in [6.07, 6.45) is 8.37. The molecule has 0 bridgehead atoms. The molecule has 85 heavy (non-hydrogen) atoms. The SMILES string of the molecule is C.C.C.C.CC.CC.CC.CC.Cc1nc(C(C)C)nc2c1C=CCC2(C)C(C)C.Cc1nc(C(C)C)nc2c1CC1(CC2C(C)C)OCCCO1.Cc1nc(C(C)C)nc2c1CN(C)C2C(C)C.Cc1nc(C(C)C)nc2c1COC2C(C)C. The maximum atomic E-state index is 6.10. The lowest BCUT2D eigenvalue weighted by Gasteiger charge is -2.44. The fraction of sp³-hybridized carbons (Fsp3) is 0.753. The molecule has 0 saturated carbocycles. The minimum Gasteiger partial charge on any atom is -0.367 e. The zero-order chi connectivity index (χ0) is 62.0. The Bertz CT molecular complexity index is 2560. The van der Waals surface area contributed by atoms with Crippen molar-refractivity contribution in [1.82, 2.24) is 44.8 Å². The molecule has 0 aromatic carbocycles. The highest BCUT2D eigenvalue weighted by Gasteiger charge is 2.45. The summed E-state index contributed by atoms with van der Waals surface area (Å²) in [7, 11) is 2.18. The number of ether oxygens (including phenoxy) is 3. The average Bonchev–Trinajstić information content (AvgIpc) is 2.66. The molecule has 1 fully saturated rings. The molecule has 9 rings (SSSR count).